The average Bonchev–Trinajstić information content (AvgIpc) is 2.57. The summed E-state index contributed by atoms with van der Waals surface area (Å²) in [4.78, 5) is 14.0. The molecule has 0 unspecified atom stereocenters. The highest BCUT2D eigenvalue weighted by molar-refractivity contribution is 5.94. The average molecular weight is 316 g/mol. The van der Waals surface area contributed by atoms with E-state index in [0.717, 1.165) is 5.75 Å². The van der Waals surface area contributed by atoms with Gasteiger partial charge in [0.25, 0.3) is 0 Å². The number of benzene rings is 2. The number of anilines is 1. The minimum Gasteiger partial charge on any atom is -0.492 e. The highest BCUT2D eigenvalue weighted by Gasteiger charge is 2.18. The highest BCUT2D eigenvalue weighted by atomic mass is 19.1. The number of amides is 1. The van der Waals surface area contributed by atoms with Crippen LogP contribution in [0.4, 0.5) is 10.1 Å². The molecule has 0 saturated carbocycles. The standard InChI is InChI=1S/C18H21FN2O2/c1-14(18(22)20-17-11-7-6-10-16(17)19)21(2)12-13-23-15-8-4-3-5-9-15/h3-11,14H,12-13H2,1-2H3,(H,20,22)/t14-/m1/s1. The first kappa shape index (κ1) is 17.0. The van der Waals surface area contributed by atoms with Gasteiger partial charge in [-0.3, -0.25) is 9.69 Å². The number of carbonyl (C=O) groups is 1. The number of para-hydroxylation sites is 2. The first-order chi connectivity index (χ1) is 11.1. The topological polar surface area (TPSA) is 41.6 Å². The van der Waals surface area contributed by atoms with Crippen LogP contribution in [0.2, 0.25) is 0 Å². The van der Waals surface area contributed by atoms with Crippen molar-refractivity contribution in [3.05, 3.63) is 60.4 Å². The summed E-state index contributed by atoms with van der Waals surface area (Å²) in [7, 11) is 1.83. The zero-order chi connectivity index (χ0) is 16.7. The molecule has 5 heteroatoms. The second-order valence-electron chi connectivity index (χ2n) is 5.29. The van der Waals surface area contributed by atoms with Crippen molar-refractivity contribution in [3.8, 4) is 5.75 Å². The lowest BCUT2D eigenvalue weighted by atomic mass is 10.2. The van der Waals surface area contributed by atoms with Crippen molar-refractivity contribution in [2.24, 2.45) is 0 Å². The molecule has 1 atom stereocenters. The van der Waals surface area contributed by atoms with Crippen molar-refractivity contribution < 1.29 is 13.9 Å². The summed E-state index contributed by atoms with van der Waals surface area (Å²) < 4.78 is 19.2. The number of likely N-dealkylation sites (N-methyl/N-ethyl adjacent to an activating group) is 1. The van der Waals surface area contributed by atoms with E-state index in [1.165, 1.54) is 6.07 Å². The Morgan fingerprint density at radius 2 is 1.83 bits per heavy atom. The van der Waals surface area contributed by atoms with E-state index in [0.29, 0.717) is 13.2 Å². The highest BCUT2D eigenvalue weighted by Crippen LogP contribution is 2.13. The van der Waals surface area contributed by atoms with Crippen molar-refractivity contribution in [3.63, 3.8) is 0 Å². The molecular formula is C18H21FN2O2. The summed E-state index contributed by atoms with van der Waals surface area (Å²) in [5.41, 5.74) is 0.193. The Balaban J connectivity index is 1.80. The zero-order valence-electron chi connectivity index (χ0n) is 13.3. The minimum absolute atomic E-state index is 0.193. The Morgan fingerprint density at radius 1 is 1.17 bits per heavy atom. The third-order valence-electron chi connectivity index (χ3n) is 3.63. The van der Waals surface area contributed by atoms with Crippen LogP contribution in [-0.4, -0.2) is 37.0 Å². The van der Waals surface area contributed by atoms with E-state index >= 15 is 0 Å². The predicted octanol–water partition coefficient (Wildman–Crippen LogP) is 3.16. The van der Waals surface area contributed by atoms with E-state index in [9.17, 15) is 9.18 Å². The van der Waals surface area contributed by atoms with Crippen molar-refractivity contribution in [2.75, 3.05) is 25.5 Å². The first-order valence-corrected chi connectivity index (χ1v) is 7.51. The van der Waals surface area contributed by atoms with Crippen LogP contribution in [0, 0.1) is 5.82 Å². The third kappa shape index (κ3) is 5.07. The van der Waals surface area contributed by atoms with Crippen LogP contribution in [0.25, 0.3) is 0 Å². The van der Waals surface area contributed by atoms with E-state index in [-0.39, 0.29) is 11.6 Å². The molecule has 23 heavy (non-hydrogen) atoms. The number of rotatable bonds is 7. The van der Waals surface area contributed by atoms with Gasteiger partial charge in [0.15, 0.2) is 0 Å². The maximum absolute atomic E-state index is 13.6. The summed E-state index contributed by atoms with van der Waals surface area (Å²) >= 11 is 0. The largest absolute Gasteiger partial charge is 0.492 e. The molecule has 4 nitrogen and oxygen atoms in total. The zero-order valence-corrected chi connectivity index (χ0v) is 13.3. The molecule has 1 amide bonds. The predicted molar refractivity (Wildman–Crippen MR) is 89.1 cm³/mol. The van der Waals surface area contributed by atoms with Crippen molar-refractivity contribution >= 4 is 11.6 Å². The third-order valence-corrected chi connectivity index (χ3v) is 3.63. The summed E-state index contributed by atoms with van der Waals surface area (Å²) in [6.45, 7) is 2.83. The summed E-state index contributed by atoms with van der Waals surface area (Å²) in [6, 6.07) is 15.2. The van der Waals surface area contributed by atoms with Crippen LogP contribution in [0.3, 0.4) is 0 Å². The molecule has 0 aliphatic heterocycles. The van der Waals surface area contributed by atoms with Gasteiger partial charge in [0.2, 0.25) is 5.91 Å². The SMILES string of the molecule is C[C@H](C(=O)Nc1ccccc1F)N(C)CCOc1ccccc1. The number of carbonyl (C=O) groups excluding carboxylic acids is 1. The van der Waals surface area contributed by atoms with Crippen LogP contribution in [-0.2, 0) is 4.79 Å². The van der Waals surface area contributed by atoms with E-state index in [4.69, 9.17) is 4.74 Å². The fraction of sp³-hybridized carbons (Fsp3) is 0.278. The van der Waals surface area contributed by atoms with Gasteiger partial charge in [0.1, 0.15) is 18.2 Å². The van der Waals surface area contributed by atoms with Gasteiger partial charge in [-0.25, -0.2) is 4.39 Å². The lowest BCUT2D eigenvalue weighted by molar-refractivity contribution is -0.120. The molecule has 2 aromatic carbocycles. The second kappa shape index (κ2) is 8.29. The Hall–Kier alpha value is -2.40. The van der Waals surface area contributed by atoms with Crippen molar-refractivity contribution in [1.29, 1.82) is 0 Å². The van der Waals surface area contributed by atoms with Crippen molar-refractivity contribution in [1.82, 2.24) is 4.90 Å². The Morgan fingerprint density at radius 3 is 2.52 bits per heavy atom. The van der Waals surface area contributed by atoms with Crippen LogP contribution < -0.4 is 10.1 Å². The number of nitrogens with one attached hydrogen (secondary N) is 1. The molecule has 0 fully saturated rings. The molecule has 0 spiro atoms. The maximum atomic E-state index is 13.6. The molecule has 0 aliphatic carbocycles. The van der Waals surface area contributed by atoms with E-state index in [2.05, 4.69) is 5.32 Å². The molecule has 0 saturated heterocycles. The Bertz CT molecular complexity index is 634. The lowest BCUT2D eigenvalue weighted by Crippen LogP contribution is -2.41. The molecule has 122 valence electrons. The molecular weight excluding hydrogens is 295 g/mol. The van der Waals surface area contributed by atoms with Gasteiger partial charge in [0, 0.05) is 6.54 Å². The van der Waals surface area contributed by atoms with Gasteiger partial charge >= 0.3 is 0 Å². The normalized spacial score (nSPS) is 12.0. The number of ether oxygens (including phenoxy) is 1. The summed E-state index contributed by atoms with van der Waals surface area (Å²) in [5, 5.41) is 2.60. The van der Waals surface area contributed by atoms with Crippen LogP contribution in [0.15, 0.2) is 54.6 Å². The molecule has 0 radical (unpaired) electrons. The van der Waals surface area contributed by atoms with Crippen molar-refractivity contribution in [2.45, 2.75) is 13.0 Å². The smallest absolute Gasteiger partial charge is 0.241 e. The monoisotopic (exact) mass is 316 g/mol. The van der Waals surface area contributed by atoms with Gasteiger partial charge in [0.05, 0.1) is 11.7 Å². The van der Waals surface area contributed by atoms with Crippen LogP contribution in [0.5, 0.6) is 5.75 Å². The van der Waals surface area contributed by atoms with Gasteiger partial charge in [-0.05, 0) is 38.2 Å². The summed E-state index contributed by atoms with van der Waals surface area (Å²) in [5.74, 6) is 0.102. The Labute approximate surface area is 135 Å². The van der Waals surface area contributed by atoms with Gasteiger partial charge < -0.3 is 10.1 Å². The van der Waals surface area contributed by atoms with Crippen LogP contribution in [0.1, 0.15) is 6.92 Å². The molecule has 2 aromatic rings. The minimum atomic E-state index is -0.442. The Kier molecular flexibility index (Phi) is 6.11. The quantitative estimate of drug-likeness (QED) is 0.853. The van der Waals surface area contributed by atoms with Crippen LogP contribution >= 0.6 is 0 Å². The first-order valence-electron chi connectivity index (χ1n) is 7.51. The molecule has 0 aliphatic rings. The maximum Gasteiger partial charge on any atom is 0.241 e. The fourth-order valence-electron chi connectivity index (χ4n) is 2.02. The van der Waals surface area contributed by atoms with Gasteiger partial charge in [-0.2, -0.15) is 0 Å². The molecule has 1 N–H and O–H groups in total. The molecule has 0 heterocycles. The number of hydrogen-bond donors (Lipinski definition) is 1. The fourth-order valence-corrected chi connectivity index (χ4v) is 2.02. The molecule has 2 rings (SSSR count). The molecule has 0 aromatic heterocycles. The van der Waals surface area contributed by atoms with E-state index < -0.39 is 11.9 Å². The van der Waals surface area contributed by atoms with E-state index in [1.807, 2.05) is 42.3 Å². The van der Waals surface area contributed by atoms with Gasteiger partial charge in [-0.1, -0.05) is 30.3 Å². The number of halogens is 1. The molecule has 0 bridgehead atoms. The van der Waals surface area contributed by atoms with Gasteiger partial charge in [-0.15, -0.1) is 0 Å². The van der Waals surface area contributed by atoms with E-state index in [1.54, 1.807) is 25.1 Å². The lowest BCUT2D eigenvalue weighted by Gasteiger charge is -2.24. The number of nitrogens with zero attached hydrogens (tertiary/aromatic N) is 1. The second-order valence-corrected chi connectivity index (χ2v) is 5.29. The summed E-state index contributed by atoms with van der Waals surface area (Å²) in [6.07, 6.45) is 0. The number of hydrogen-bond acceptors (Lipinski definition) is 3.